The number of H-pyrrole nitrogens is 1. The van der Waals surface area contributed by atoms with E-state index in [0.717, 1.165) is 31.0 Å². The summed E-state index contributed by atoms with van der Waals surface area (Å²) < 4.78 is 0. The zero-order valence-corrected chi connectivity index (χ0v) is 11.2. The summed E-state index contributed by atoms with van der Waals surface area (Å²) in [6.07, 6.45) is 4.40. The van der Waals surface area contributed by atoms with Crippen LogP contribution in [0.4, 0.5) is 0 Å². The maximum Gasteiger partial charge on any atom is 0.342 e. The van der Waals surface area contributed by atoms with Crippen molar-refractivity contribution < 1.29 is 9.90 Å². The normalized spacial score (nSPS) is 10.4. The highest BCUT2D eigenvalue weighted by atomic mass is 16.4. The van der Waals surface area contributed by atoms with Crippen LogP contribution in [0.15, 0.2) is 35.3 Å². The van der Waals surface area contributed by atoms with Gasteiger partial charge < -0.3 is 10.1 Å². The number of carboxylic acid groups (broad SMARTS) is 1. The predicted molar refractivity (Wildman–Crippen MR) is 75.9 cm³/mol. The minimum absolute atomic E-state index is 0.353. The Kier molecular flexibility index (Phi) is 4.30. The molecule has 1 aromatic carbocycles. The lowest BCUT2D eigenvalue weighted by Gasteiger charge is -2.04. The summed E-state index contributed by atoms with van der Waals surface area (Å²) >= 11 is 0. The van der Waals surface area contributed by atoms with Crippen molar-refractivity contribution in [3.63, 3.8) is 0 Å². The number of aryl methyl sites for hydroxylation is 1. The Labute approximate surface area is 116 Å². The maximum atomic E-state index is 11.6. The number of hydrogen-bond donors (Lipinski definition) is 2. The number of hydrogen-bond acceptors (Lipinski definition) is 3. The molecule has 0 saturated carbocycles. The summed E-state index contributed by atoms with van der Waals surface area (Å²) in [5.74, 6) is -0.901. The number of nitrogens with one attached hydrogen (secondary N) is 1. The third-order valence-electron chi connectivity index (χ3n) is 3.08. The van der Waals surface area contributed by atoms with E-state index >= 15 is 0 Å². The lowest BCUT2D eigenvalue weighted by atomic mass is 10.1. The molecule has 2 rings (SSSR count). The van der Waals surface area contributed by atoms with Crippen LogP contribution < -0.4 is 5.56 Å². The van der Waals surface area contributed by atoms with Gasteiger partial charge in [-0.1, -0.05) is 37.6 Å². The smallest absolute Gasteiger partial charge is 0.342 e. The van der Waals surface area contributed by atoms with Crippen molar-refractivity contribution in [3.8, 4) is 11.4 Å². The van der Waals surface area contributed by atoms with Gasteiger partial charge in [0.2, 0.25) is 0 Å². The number of aromatic nitrogens is 2. The summed E-state index contributed by atoms with van der Waals surface area (Å²) in [5, 5.41) is 8.79. The Morgan fingerprint density at radius 1 is 1.30 bits per heavy atom. The minimum Gasteiger partial charge on any atom is -0.477 e. The van der Waals surface area contributed by atoms with Gasteiger partial charge in [0.15, 0.2) is 0 Å². The average Bonchev–Trinajstić information content (AvgIpc) is 2.45. The fourth-order valence-corrected chi connectivity index (χ4v) is 1.90. The summed E-state index contributed by atoms with van der Waals surface area (Å²) in [7, 11) is 0. The van der Waals surface area contributed by atoms with Crippen LogP contribution in [0.3, 0.4) is 0 Å². The van der Waals surface area contributed by atoms with Crippen LogP contribution in [0.5, 0.6) is 0 Å². The van der Waals surface area contributed by atoms with E-state index in [1.165, 1.54) is 5.56 Å². The summed E-state index contributed by atoms with van der Waals surface area (Å²) in [6, 6.07) is 7.75. The number of aromatic amines is 1. The molecule has 104 valence electrons. The van der Waals surface area contributed by atoms with E-state index in [0.29, 0.717) is 5.82 Å². The van der Waals surface area contributed by atoms with Crippen LogP contribution >= 0.6 is 0 Å². The molecule has 1 aromatic heterocycles. The Hall–Kier alpha value is -2.43. The molecule has 0 saturated heterocycles. The van der Waals surface area contributed by atoms with Gasteiger partial charge in [0.25, 0.3) is 5.56 Å². The van der Waals surface area contributed by atoms with Gasteiger partial charge in [-0.3, -0.25) is 4.79 Å². The number of unbranched alkanes of at least 4 members (excludes halogenated alkanes) is 1. The molecular formula is C15H16N2O3. The first kappa shape index (κ1) is 14.0. The highest BCUT2D eigenvalue weighted by molar-refractivity contribution is 5.86. The van der Waals surface area contributed by atoms with E-state index in [1.807, 2.05) is 24.3 Å². The van der Waals surface area contributed by atoms with Crippen LogP contribution in [0, 0.1) is 0 Å². The number of aromatic carboxylic acids is 1. The molecule has 0 atom stereocenters. The highest BCUT2D eigenvalue weighted by Crippen LogP contribution is 2.15. The molecule has 0 aliphatic heterocycles. The molecule has 0 radical (unpaired) electrons. The minimum atomic E-state index is -1.28. The molecule has 0 aliphatic carbocycles. The Morgan fingerprint density at radius 3 is 2.55 bits per heavy atom. The Bertz CT molecular complexity index is 660. The quantitative estimate of drug-likeness (QED) is 0.875. The lowest BCUT2D eigenvalue weighted by Crippen LogP contribution is -2.18. The summed E-state index contributed by atoms with van der Waals surface area (Å²) in [4.78, 5) is 28.8. The van der Waals surface area contributed by atoms with Crippen molar-refractivity contribution in [1.82, 2.24) is 9.97 Å². The van der Waals surface area contributed by atoms with Crippen molar-refractivity contribution in [2.75, 3.05) is 0 Å². The van der Waals surface area contributed by atoms with Gasteiger partial charge >= 0.3 is 5.97 Å². The van der Waals surface area contributed by atoms with Gasteiger partial charge in [-0.15, -0.1) is 0 Å². The molecular weight excluding hydrogens is 256 g/mol. The molecule has 0 unspecified atom stereocenters. The van der Waals surface area contributed by atoms with Crippen molar-refractivity contribution in [2.45, 2.75) is 26.2 Å². The SMILES string of the molecule is CCCCc1ccc(-c2ncc(C(=O)O)c(=O)[nH]2)cc1. The van der Waals surface area contributed by atoms with Crippen LogP contribution in [0.2, 0.25) is 0 Å². The fraction of sp³-hybridized carbons (Fsp3) is 0.267. The molecule has 0 aliphatic rings. The lowest BCUT2D eigenvalue weighted by molar-refractivity contribution is 0.0694. The summed E-state index contributed by atoms with van der Waals surface area (Å²) in [5.41, 5.74) is 1.00. The molecule has 5 nitrogen and oxygen atoms in total. The van der Waals surface area contributed by atoms with Crippen LogP contribution in [-0.2, 0) is 6.42 Å². The Balaban J connectivity index is 2.26. The molecule has 0 bridgehead atoms. The Morgan fingerprint density at radius 2 is 2.00 bits per heavy atom. The average molecular weight is 272 g/mol. The second-order valence-corrected chi connectivity index (χ2v) is 4.58. The van der Waals surface area contributed by atoms with E-state index in [4.69, 9.17) is 5.11 Å². The van der Waals surface area contributed by atoms with E-state index in [9.17, 15) is 9.59 Å². The molecule has 2 N–H and O–H groups in total. The third kappa shape index (κ3) is 3.12. The van der Waals surface area contributed by atoms with E-state index < -0.39 is 11.5 Å². The highest BCUT2D eigenvalue weighted by Gasteiger charge is 2.10. The van der Waals surface area contributed by atoms with Crippen LogP contribution in [0.1, 0.15) is 35.7 Å². The monoisotopic (exact) mass is 272 g/mol. The molecule has 2 aromatic rings. The standard InChI is InChI=1S/C15H16N2O3/c1-2-3-4-10-5-7-11(8-6-10)13-16-9-12(15(19)20)14(18)17-13/h5-9H,2-4H2,1H3,(H,19,20)(H,16,17,18). The molecule has 0 fully saturated rings. The third-order valence-corrected chi connectivity index (χ3v) is 3.08. The maximum absolute atomic E-state index is 11.6. The van der Waals surface area contributed by atoms with Gasteiger partial charge in [0.05, 0.1) is 0 Å². The zero-order chi connectivity index (χ0) is 14.5. The first-order valence-corrected chi connectivity index (χ1v) is 6.53. The molecule has 0 spiro atoms. The summed E-state index contributed by atoms with van der Waals surface area (Å²) in [6.45, 7) is 2.15. The van der Waals surface area contributed by atoms with E-state index in [-0.39, 0.29) is 5.56 Å². The number of carbonyl (C=O) groups is 1. The second kappa shape index (κ2) is 6.14. The van der Waals surface area contributed by atoms with Crippen molar-refractivity contribution >= 4 is 5.97 Å². The predicted octanol–water partition coefficient (Wildman–Crippen LogP) is 2.48. The fourth-order valence-electron chi connectivity index (χ4n) is 1.90. The second-order valence-electron chi connectivity index (χ2n) is 4.58. The first-order chi connectivity index (χ1) is 9.61. The van der Waals surface area contributed by atoms with Crippen molar-refractivity contribution in [3.05, 3.63) is 51.9 Å². The topological polar surface area (TPSA) is 83.0 Å². The number of rotatable bonds is 5. The van der Waals surface area contributed by atoms with Gasteiger partial charge in [-0.25, -0.2) is 9.78 Å². The van der Waals surface area contributed by atoms with Crippen LogP contribution in [-0.4, -0.2) is 21.0 Å². The van der Waals surface area contributed by atoms with Gasteiger partial charge in [0.1, 0.15) is 11.4 Å². The van der Waals surface area contributed by atoms with Crippen molar-refractivity contribution in [1.29, 1.82) is 0 Å². The first-order valence-electron chi connectivity index (χ1n) is 6.53. The molecule has 20 heavy (non-hydrogen) atoms. The number of nitrogens with zero attached hydrogens (tertiary/aromatic N) is 1. The van der Waals surface area contributed by atoms with Crippen molar-refractivity contribution in [2.24, 2.45) is 0 Å². The molecule has 0 amide bonds. The molecule has 5 heteroatoms. The van der Waals surface area contributed by atoms with E-state index in [2.05, 4.69) is 16.9 Å². The van der Waals surface area contributed by atoms with Gasteiger partial charge in [-0.2, -0.15) is 0 Å². The van der Waals surface area contributed by atoms with Crippen LogP contribution in [0.25, 0.3) is 11.4 Å². The number of carboxylic acids is 1. The largest absolute Gasteiger partial charge is 0.477 e. The van der Waals surface area contributed by atoms with Gasteiger partial charge in [-0.05, 0) is 18.4 Å². The molecule has 1 heterocycles. The number of benzene rings is 1. The van der Waals surface area contributed by atoms with E-state index in [1.54, 1.807) is 0 Å². The van der Waals surface area contributed by atoms with Gasteiger partial charge in [0, 0.05) is 11.8 Å². The zero-order valence-electron chi connectivity index (χ0n) is 11.2.